The van der Waals surface area contributed by atoms with Crippen molar-refractivity contribution in [1.82, 2.24) is 0 Å². The second-order valence-electron chi connectivity index (χ2n) is 3.28. The molecule has 0 radical (unpaired) electrons. The minimum atomic E-state index is 0.213. The summed E-state index contributed by atoms with van der Waals surface area (Å²) in [5.74, 6) is 0.506. The Morgan fingerprint density at radius 2 is 2.20 bits per heavy atom. The summed E-state index contributed by atoms with van der Waals surface area (Å²) in [6, 6.07) is 5.32. The smallest absolute Gasteiger partial charge is 0.149 e. The highest BCUT2D eigenvalue weighted by Crippen LogP contribution is 2.28. The Balaban J connectivity index is 2.70. The van der Waals surface area contributed by atoms with Gasteiger partial charge >= 0.3 is 0 Å². The first-order valence-corrected chi connectivity index (χ1v) is 4.93. The molecule has 0 amide bonds. The summed E-state index contributed by atoms with van der Waals surface area (Å²) < 4.78 is 5.04. The Labute approximate surface area is 88.9 Å². The Morgan fingerprint density at radius 1 is 1.40 bits per heavy atom. The van der Waals surface area contributed by atoms with Crippen molar-refractivity contribution in [3.8, 4) is 5.75 Å². The van der Waals surface area contributed by atoms with Crippen molar-refractivity contribution in [2.24, 2.45) is 5.18 Å². The van der Waals surface area contributed by atoms with Gasteiger partial charge in [-0.3, -0.25) is 0 Å². The Bertz CT molecular complexity index is 326. The lowest BCUT2D eigenvalue weighted by atomic mass is 10.1. The standard InChI is InChI=1S/C11H15NO3/c1-15-11-8-9(4-2-3-7-13)5-6-10(11)12-14/h5-6,8,13H,2-4,7H2,1H3. The molecule has 0 aliphatic carbocycles. The van der Waals surface area contributed by atoms with E-state index in [9.17, 15) is 4.91 Å². The van der Waals surface area contributed by atoms with Gasteiger partial charge in [0.05, 0.1) is 7.11 Å². The van der Waals surface area contributed by atoms with Crippen molar-refractivity contribution in [1.29, 1.82) is 0 Å². The van der Waals surface area contributed by atoms with Gasteiger partial charge in [0.2, 0.25) is 0 Å². The molecular formula is C11H15NO3. The molecule has 1 rings (SSSR count). The van der Waals surface area contributed by atoms with Crippen molar-refractivity contribution in [2.75, 3.05) is 13.7 Å². The number of rotatable bonds is 6. The maximum Gasteiger partial charge on any atom is 0.149 e. The minimum Gasteiger partial charge on any atom is -0.494 e. The number of aliphatic hydroxyl groups is 1. The van der Waals surface area contributed by atoms with Crippen LogP contribution in [-0.2, 0) is 6.42 Å². The lowest BCUT2D eigenvalue weighted by molar-refractivity contribution is 0.284. The van der Waals surface area contributed by atoms with E-state index in [2.05, 4.69) is 5.18 Å². The van der Waals surface area contributed by atoms with Crippen LogP contribution in [0.15, 0.2) is 23.4 Å². The number of nitroso groups, excluding NO2 is 1. The van der Waals surface area contributed by atoms with Crippen LogP contribution in [0.4, 0.5) is 5.69 Å². The molecule has 1 aromatic rings. The molecule has 82 valence electrons. The number of unbranched alkanes of at least 4 members (excludes halogenated alkanes) is 1. The minimum absolute atomic E-state index is 0.213. The number of methoxy groups -OCH3 is 1. The third-order valence-electron chi connectivity index (χ3n) is 2.22. The number of nitrogens with zero attached hydrogens (tertiary/aromatic N) is 1. The third kappa shape index (κ3) is 3.32. The Kier molecular flexibility index (Phi) is 4.77. The lowest BCUT2D eigenvalue weighted by Crippen LogP contribution is -1.90. The van der Waals surface area contributed by atoms with E-state index in [-0.39, 0.29) is 6.61 Å². The molecule has 0 spiro atoms. The molecule has 0 unspecified atom stereocenters. The van der Waals surface area contributed by atoms with Gasteiger partial charge in [-0.1, -0.05) is 6.07 Å². The van der Waals surface area contributed by atoms with Crippen LogP contribution in [0.2, 0.25) is 0 Å². The molecule has 0 bridgehead atoms. The molecule has 4 nitrogen and oxygen atoms in total. The highest BCUT2D eigenvalue weighted by molar-refractivity contribution is 5.53. The predicted octanol–water partition coefficient (Wildman–Crippen LogP) is 2.41. The number of benzene rings is 1. The van der Waals surface area contributed by atoms with Crippen LogP contribution in [0, 0.1) is 4.91 Å². The molecule has 1 aromatic carbocycles. The van der Waals surface area contributed by atoms with Crippen molar-refractivity contribution in [3.63, 3.8) is 0 Å². The second-order valence-corrected chi connectivity index (χ2v) is 3.28. The summed E-state index contributed by atoms with van der Waals surface area (Å²) in [5.41, 5.74) is 1.41. The molecule has 0 atom stereocenters. The monoisotopic (exact) mass is 209 g/mol. The van der Waals surface area contributed by atoms with Crippen molar-refractivity contribution in [3.05, 3.63) is 28.7 Å². The fraction of sp³-hybridized carbons (Fsp3) is 0.455. The summed E-state index contributed by atoms with van der Waals surface area (Å²) in [5, 5.41) is 11.5. The fourth-order valence-corrected chi connectivity index (χ4v) is 1.39. The predicted molar refractivity (Wildman–Crippen MR) is 58.5 cm³/mol. The van der Waals surface area contributed by atoms with E-state index < -0.39 is 0 Å². The summed E-state index contributed by atoms with van der Waals surface area (Å²) in [6.07, 6.45) is 2.58. The van der Waals surface area contributed by atoms with Gasteiger partial charge in [-0.25, -0.2) is 0 Å². The van der Waals surface area contributed by atoms with Crippen LogP contribution >= 0.6 is 0 Å². The van der Waals surface area contributed by atoms with Crippen LogP contribution in [0.25, 0.3) is 0 Å². The summed E-state index contributed by atoms with van der Waals surface area (Å²) in [4.78, 5) is 10.4. The van der Waals surface area contributed by atoms with Gasteiger partial charge in [0.15, 0.2) is 0 Å². The summed E-state index contributed by atoms with van der Waals surface area (Å²) in [7, 11) is 1.52. The highest BCUT2D eigenvalue weighted by Gasteiger charge is 2.04. The van der Waals surface area contributed by atoms with E-state index >= 15 is 0 Å². The van der Waals surface area contributed by atoms with E-state index in [1.165, 1.54) is 7.11 Å². The number of aryl methyl sites for hydroxylation is 1. The van der Waals surface area contributed by atoms with Crippen molar-refractivity contribution >= 4 is 5.69 Å². The average Bonchev–Trinajstić information content (AvgIpc) is 2.29. The number of hydrogen-bond acceptors (Lipinski definition) is 4. The number of ether oxygens (including phenoxy) is 1. The molecule has 0 saturated carbocycles. The van der Waals surface area contributed by atoms with E-state index in [0.717, 1.165) is 24.8 Å². The molecule has 4 heteroatoms. The quantitative estimate of drug-likeness (QED) is 0.578. The van der Waals surface area contributed by atoms with Gasteiger partial charge in [0.25, 0.3) is 0 Å². The first-order chi connectivity index (χ1) is 7.31. The molecule has 0 aromatic heterocycles. The molecule has 1 N–H and O–H groups in total. The zero-order chi connectivity index (χ0) is 11.1. The lowest BCUT2D eigenvalue weighted by Gasteiger charge is -2.05. The van der Waals surface area contributed by atoms with E-state index in [4.69, 9.17) is 9.84 Å². The van der Waals surface area contributed by atoms with Crippen LogP contribution in [-0.4, -0.2) is 18.8 Å². The van der Waals surface area contributed by atoms with Crippen LogP contribution < -0.4 is 4.74 Å². The van der Waals surface area contributed by atoms with E-state index in [1.54, 1.807) is 6.07 Å². The topological polar surface area (TPSA) is 58.9 Å². The molecule has 0 aliphatic rings. The first kappa shape index (κ1) is 11.7. The molecular weight excluding hydrogens is 194 g/mol. The molecule has 0 aliphatic heterocycles. The zero-order valence-corrected chi connectivity index (χ0v) is 8.77. The Morgan fingerprint density at radius 3 is 2.80 bits per heavy atom. The molecule has 0 heterocycles. The average molecular weight is 209 g/mol. The maximum atomic E-state index is 10.4. The van der Waals surface area contributed by atoms with Crippen LogP contribution in [0.1, 0.15) is 18.4 Å². The largest absolute Gasteiger partial charge is 0.494 e. The van der Waals surface area contributed by atoms with Gasteiger partial charge in [0.1, 0.15) is 11.4 Å². The number of hydrogen-bond donors (Lipinski definition) is 1. The second kappa shape index (κ2) is 6.14. The van der Waals surface area contributed by atoms with E-state index in [1.807, 2.05) is 12.1 Å². The fourth-order valence-electron chi connectivity index (χ4n) is 1.39. The SMILES string of the molecule is COc1cc(CCCCO)ccc1N=O. The third-order valence-corrected chi connectivity index (χ3v) is 2.22. The van der Waals surface area contributed by atoms with Crippen LogP contribution in [0.3, 0.4) is 0 Å². The highest BCUT2D eigenvalue weighted by atomic mass is 16.5. The maximum absolute atomic E-state index is 10.4. The normalized spacial score (nSPS) is 10.0. The first-order valence-electron chi connectivity index (χ1n) is 4.93. The van der Waals surface area contributed by atoms with Crippen molar-refractivity contribution < 1.29 is 9.84 Å². The molecule has 0 fully saturated rings. The summed E-state index contributed by atoms with van der Waals surface area (Å²) in [6.45, 7) is 0.213. The van der Waals surface area contributed by atoms with Gasteiger partial charge < -0.3 is 9.84 Å². The van der Waals surface area contributed by atoms with E-state index in [0.29, 0.717) is 11.4 Å². The van der Waals surface area contributed by atoms with Crippen LogP contribution in [0.5, 0.6) is 5.75 Å². The van der Waals surface area contributed by atoms with Gasteiger partial charge in [-0.15, -0.1) is 4.91 Å². The van der Waals surface area contributed by atoms with Gasteiger partial charge in [-0.05, 0) is 42.1 Å². The Hall–Kier alpha value is -1.42. The molecule has 15 heavy (non-hydrogen) atoms. The zero-order valence-electron chi connectivity index (χ0n) is 8.77. The number of aliphatic hydroxyl groups excluding tert-OH is 1. The molecule has 0 saturated heterocycles. The van der Waals surface area contributed by atoms with Crippen molar-refractivity contribution in [2.45, 2.75) is 19.3 Å². The van der Waals surface area contributed by atoms with Gasteiger partial charge in [-0.2, -0.15) is 0 Å². The van der Waals surface area contributed by atoms with Gasteiger partial charge in [0, 0.05) is 6.61 Å². The summed E-state index contributed by atoms with van der Waals surface area (Å²) >= 11 is 0.